The number of carbonyl (C=O) groups is 1. The van der Waals surface area contributed by atoms with Crippen molar-refractivity contribution in [1.29, 1.82) is 0 Å². The van der Waals surface area contributed by atoms with E-state index in [1.807, 2.05) is 12.1 Å². The van der Waals surface area contributed by atoms with Crippen LogP contribution < -0.4 is 24.8 Å². The molecule has 0 aromatic heterocycles. The summed E-state index contributed by atoms with van der Waals surface area (Å²) in [6.07, 6.45) is 0. The van der Waals surface area contributed by atoms with Crippen LogP contribution in [0.15, 0.2) is 42.5 Å². The molecule has 6 nitrogen and oxygen atoms in total. The van der Waals surface area contributed by atoms with Crippen molar-refractivity contribution in [3.05, 3.63) is 42.5 Å². The molecule has 0 atom stereocenters. The maximum absolute atomic E-state index is 12.1. The maximum Gasteiger partial charge on any atom is 0.323 e. The molecule has 116 valence electrons. The van der Waals surface area contributed by atoms with E-state index in [-0.39, 0.29) is 6.03 Å². The maximum atomic E-state index is 12.1. The van der Waals surface area contributed by atoms with Crippen molar-refractivity contribution in [2.45, 2.75) is 0 Å². The van der Waals surface area contributed by atoms with Gasteiger partial charge in [0.1, 0.15) is 17.2 Å². The Labute approximate surface area is 129 Å². The first-order valence-electron chi connectivity index (χ1n) is 6.60. The van der Waals surface area contributed by atoms with Crippen molar-refractivity contribution in [3.63, 3.8) is 0 Å². The lowest BCUT2D eigenvalue weighted by molar-refractivity contribution is 0.262. The second-order valence-corrected chi connectivity index (χ2v) is 4.38. The number of rotatable bonds is 5. The Morgan fingerprint density at radius 1 is 0.864 bits per heavy atom. The van der Waals surface area contributed by atoms with Crippen molar-refractivity contribution < 1.29 is 19.0 Å². The van der Waals surface area contributed by atoms with E-state index >= 15 is 0 Å². The molecule has 0 saturated carbocycles. The second-order valence-electron chi connectivity index (χ2n) is 4.38. The highest BCUT2D eigenvalue weighted by atomic mass is 16.5. The Hall–Kier alpha value is -2.89. The highest BCUT2D eigenvalue weighted by molar-refractivity contribution is 6.00. The molecular weight excluding hydrogens is 284 g/mol. The number of carbonyl (C=O) groups excluding carboxylic acids is 1. The van der Waals surface area contributed by atoms with Gasteiger partial charge < -0.3 is 24.8 Å². The van der Waals surface area contributed by atoms with E-state index in [0.29, 0.717) is 28.6 Å². The zero-order valence-electron chi connectivity index (χ0n) is 12.7. The molecule has 0 radical (unpaired) electrons. The molecule has 2 amide bonds. The Balaban J connectivity index is 2.12. The molecule has 2 rings (SSSR count). The van der Waals surface area contributed by atoms with Gasteiger partial charge in [-0.15, -0.1) is 0 Å². The molecule has 0 bridgehead atoms. The molecule has 2 aromatic rings. The summed E-state index contributed by atoms with van der Waals surface area (Å²) in [6.45, 7) is 0. The fraction of sp³-hybridized carbons (Fsp3) is 0.188. The van der Waals surface area contributed by atoms with Crippen LogP contribution in [0.4, 0.5) is 16.2 Å². The molecular formula is C16H18N2O4. The van der Waals surface area contributed by atoms with Gasteiger partial charge in [0.25, 0.3) is 0 Å². The van der Waals surface area contributed by atoms with E-state index in [0.717, 1.165) is 0 Å². The van der Waals surface area contributed by atoms with Crippen LogP contribution in [0.5, 0.6) is 17.2 Å². The number of amides is 2. The predicted octanol–water partition coefficient (Wildman–Crippen LogP) is 3.36. The minimum Gasteiger partial charge on any atom is -0.497 e. The summed E-state index contributed by atoms with van der Waals surface area (Å²) in [5.74, 6) is 1.76. The zero-order chi connectivity index (χ0) is 15.9. The number of anilines is 2. The zero-order valence-corrected chi connectivity index (χ0v) is 12.7. The first-order valence-corrected chi connectivity index (χ1v) is 6.60. The SMILES string of the molecule is COc1cc(NC(=O)Nc2ccccc2OC)cc(OC)c1. The lowest BCUT2D eigenvalue weighted by Gasteiger charge is -2.12. The van der Waals surface area contributed by atoms with Gasteiger partial charge in [0, 0.05) is 23.9 Å². The van der Waals surface area contributed by atoms with Crippen LogP contribution in [0.25, 0.3) is 0 Å². The topological polar surface area (TPSA) is 68.8 Å². The highest BCUT2D eigenvalue weighted by Crippen LogP contribution is 2.27. The van der Waals surface area contributed by atoms with Gasteiger partial charge in [0.2, 0.25) is 0 Å². The van der Waals surface area contributed by atoms with Crippen LogP contribution in [0.2, 0.25) is 0 Å². The summed E-state index contributed by atoms with van der Waals surface area (Å²) in [7, 11) is 4.65. The predicted molar refractivity (Wildman–Crippen MR) is 85.2 cm³/mol. The Morgan fingerprint density at radius 3 is 2.09 bits per heavy atom. The normalized spacial score (nSPS) is 9.77. The average Bonchev–Trinajstić information content (AvgIpc) is 2.54. The Kier molecular flexibility index (Phi) is 5.08. The molecule has 0 unspecified atom stereocenters. The monoisotopic (exact) mass is 302 g/mol. The van der Waals surface area contributed by atoms with Crippen molar-refractivity contribution in [3.8, 4) is 17.2 Å². The first-order chi connectivity index (χ1) is 10.7. The van der Waals surface area contributed by atoms with E-state index in [1.165, 1.54) is 0 Å². The van der Waals surface area contributed by atoms with Gasteiger partial charge in [-0.2, -0.15) is 0 Å². The van der Waals surface area contributed by atoms with E-state index in [2.05, 4.69) is 10.6 Å². The number of hydrogen-bond acceptors (Lipinski definition) is 4. The summed E-state index contributed by atoms with van der Waals surface area (Å²) in [5, 5.41) is 5.45. The molecule has 0 spiro atoms. The quantitative estimate of drug-likeness (QED) is 0.888. The lowest BCUT2D eigenvalue weighted by atomic mass is 10.2. The molecule has 0 aliphatic carbocycles. The van der Waals surface area contributed by atoms with E-state index in [9.17, 15) is 4.79 Å². The Morgan fingerprint density at radius 2 is 1.50 bits per heavy atom. The standard InChI is InChI=1S/C16H18N2O4/c1-20-12-8-11(9-13(10-12)21-2)17-16(19)18-14-6-4-5-7-15(14)22-3/h4-10H,1-3H3,(H2,17,18,19). The minimum atomic E-state index is -0.389. The third kappa shape index (κ3) is 3.82. The van der Waals surface area contributed by atoms with Crippen molar-refractivity contribution in [1.82, 2.24) is 0 Å². The van der Waals surface area contributed by atoms with Crippen molar-refractivity contribution in [2.24, 2.45) is 0 Å². The smallest absolute Gasteiger partial charge is 0.323 e. The number of para-hydroxylation sites is 2. The number of benzene rings is 2. The number of ether oxygens (including phenoxy) is 3. The van der Waals surface area contributed by atoms with Crippen LogP contribution in [0.1, 0.15) is 0 Å². The molecule has 0 heterocycles. The molecule has 0 saturated heterocycles. The van der Waals surface area contributed by atoms with Gasteiger partial charge in [-0.3, -0.25) is 0 Å². The highest BCUT2D eigenvalue weighted by Gasteiger charge is 2.08. The van der Waals surface area contributed by atoms with Gasteiger partial charge >= 0.3 is 6.03 Å². The fourth-order valence-electron chi connectivity index (χ4n) is 1.91. The van der Waals surface area contributed by atoms with Crippen LogP contribution >= 0.6 is 0 Å². The van der Waals surface area contributed by atoms with Gasteiger partial charge in [0.05, 0.1) is 27.0 Å². The van der Waals surface area contributed by atoms with E-state index in [1.54, 1.807) is 51.7 Å². The molecule has 0 fully saturated rings. The van der Waals surface area contributed by atoms with Crippen LogP contribution in [0.3, 0.4) is 0 Å². The molecule has 22 heavy (non-hydrogen) atoms. The molecule has 2 N–H and O–H groups in total. The number of urea groups is 1. The number of methoxy groups -OCH3 is 3. The summed E-state index contributed by atoms with van der Waals surface area (Å²) >= 11 is 0. The molecule has 0 aliphatic rings. The molecule has 6 heteroatoms. The first kappa shape index (κ1) is 15.5. The molecule has 0 aliphatic heterocycles. The van der Waals surface area contributed by atoms with E-state index < -0.39 is 0 Å². The third-order valence-electron chi connectivity index (χ3n) is 2.96. The number of nitrogens with one attached hydrogen (secondary N) is 2. The second kappa shape index (κ2) is 7.21. The third-order valence-corrected chi connectivity index (χ3v) is 2.96. The van der Waals surface area contributed by atoms with Crippen LogP contribution in [-0.2, 0) is 0 Å². The summed E-state index contributed by atoms with van der Waals surface area (Å²) in [5.41, 5.74) is 1.14. The fourth-order valence-corrected chi connectivity index (χ4v) is 1.91. The summed E-state index contributed by atoms with van der Waals surface area (Å²) < 4.78 is 15.5. The average molecular weight is 302 g/mol. The minimum absolute atomic E-state index is 0.389. The van der Waals surface area contributed by atoms with E-state index in [4.69, 9.17) is 14.2 Å². The van der Waals surface area contributed by atoms with Gasteiger partial charge in [-0.05, 0) is 12.1 Å². The van der Waals surface area contributed by atoms with Crippen LogP contribution in [-0.4, -0.2) is 27.4 Å². The summed E-state index contributed by atoms with van der Waals surface area (Å²) in [4.78, 5) is 12.1. The number of hydrogen-bond donors (Lipinski definition) is 2. The van der Waals surface area contributed by atoms with Gasteiger partial charge in [-0.25, -0.2) is 4.79 Å². The largest absolute Gasteiger partial charge is 0.497 e. The van der Waals surface area contributed by atoms with Crippen LogP contribution in [0, 0.1) is 0 Å². The van der Waals surface area contributed by atoms with Gasteiger partial charge in [-0.1, -0.05) is 12.1 Å². The van der Waals surface area contributed by atoms with Crippen molar-refractivity contribution in [2.75, 3.05) is 32.0 Å². The Bertz CT molecular complexity index is 636. The van der Waals surface area contributed by atoms with Crippen molar-refractivity contribution >= 4 is 17.4 Å². The summed E-state index contributed by atoms with van der Waals surface area (Å²) in [6, 6.07) is 11.9. The lowest BCUT2D eigenvalue weighted by Crippen LogP contribution is -2.19. The van der Waals surface area contributed by atoms with Gasteiger partial charge in [0.15, 0.2) is 0 Å². The molecule has 2 aromatic carbocycles.